The van der Waals surface area contributed by atoms with E-state index in [4.69, 9.17) is 15.2 Å². The van der Waals surface area contributed by atoms with Gasteiger partial charge >= 0.3 is 0 Å². The van der Waals surface area contributed by atoms with Crippen LogP contribution >= 0.6 is 0 Å². The number of benzene rings is 1. The number of likely N-dealkylation sites (tertiary alicyclic amines) is 1. The second-order valence-electron chi connectivity index (χ2n) is 8.38. The Balaban J connectivity index is 1.33. The van der Waals surface area contributed by atoms with Gasteiger partial charge in [-0.25, -0.2) is 14.4 Å². The van der Waals surface area contributed by atoms with Crippen LogP contribution < -0.4 is 5.73 Å². The monoisotopic (exact) mass is 435 g/mol. The fourth-order valence-electron chi connectivity index (χ4n) is 4.56. The summed E-state index contributed by atoms with van der Waals surface area (Å²) < 4.78 is 18.5. The molecule has 1 fully saturated rings. The van der Waals surface area contributed by atoms with Crippen LogP contribution in [0.15, 0.2) is 70.9 Å². The molecular weight excluding hydrogens is 409 g/mol. The minimum atomic E-state index is -0.714. The highest BCUT2D eigenvalue weighted by molar-refractivity contribution is 5.81. The van der Waals surface area contributed by atoms with Gasteiger partial charge in [-0.1, -0.05) is 17.3 Å². The highest BCUT2D eigenvalue weighted by atomic mass is 19.1. The van der Waals surface area contributed by atoms with Gasteiger partial charge in [0.15, 0.2) is 5.96 Å². The maximum absolute atomic E-state index is 13.6. The third-order valence-corrected chi connectivity index (χ3v) is 6.28. The van der Waals surface area contributed by atoms with Crippen molar-refractivity contribution in [2.24, 2.45) is 10.7 Å². The molecule has 0 saturated carbocycles. The summed E-state index contributed by atoms with van der Waals surface area (Å²) in [5.74, 6) is 0.201. The van der Waals surface area contributed by atoms with Gasteiger partial charge in [0.1, 0.15) is 17.6 Å². The first-order valence-electron chi connectivity index (χ1n) is 10.8. The Bertz CT molecular complexity index is 1070. The van der Waals surface area contributed by atoms with Gasteiger partial charge in [-0.3, -0.25) is 4.90 Å². The van der Waals surface area contributed by atoms with Gasteiger partial charge in [0.2, 0.25) is 0 Å². The first-order valence-corrected chi connectivity index (χ1v) is 10.8. The van der Waals surface area contributed by atoms with E-state index in [1.807, 2.05) is 12.3 Å². The predicted octanol–water partition coefficient (Wildman–Crippen LogP) is 2.78. The van der Waals surface area contributed by atoms with E-state index in [-0.39, 0.29) is 11.9 Å². The molecule has 0 spiro atoms. The Morgan fingerprint density at radius 2 is 2.00 bits per heavy atom. The lowest BCUT2D eigenvalue weighted by Crippen LogP contribution is -2.50. The van der Waals surface area contributed by atoms with Crippen LogP contribution in [0.4, 0.5) is 4.39 Å². The number of aliphatic imine (C=N–C) groups is 1. The Kier molecular flexibility index (Phi) is 5.48. The van der Waals surface area contributed by atoms with Crippen LogP contribution in [0.2, 0.25) is 0 Å². The molecule has 32 heavy (non-hydrogen) atoms. The molecule has 5 rings (SSSR count). The van der Waals surface area contributed by atoms with E-state index in [9.17, 15) is 4.39 Å². The zero-order chi connectivity index (χ0) is 22.0. The number of hydrogen-bond donors (Lipinski definition) is 2. The van der Waals surface area contributed by atoms with E-state index in [2.05, 4.69) is 31.0 Å². The van der Waals surface area contributed by atoms with Crippen LogP contribution in [0.1, 0.15) is 29.8 Å². The molecule has 9 heteroatoms. The molecule has 1 aromatic carbocycles. The largest absolute Gasteiger partial charge is 0.369 e. The van der Waals surface area contributed by atoms with Gasteiger partial charge in [-0.2, -0.15) is 0 Å². The Labute approximate surface area is 185 Å². The van der Waals surface area contributed by atoms with Crippen LogP contribution in [0.3, 0.4) is 0 Å². The number of aromatic nitrogens is 3. The number of halogens is 1. The van der Waals surface area contributed by atoms with E-state index in [1.165, 1.54) is 12.1 Å². The second-order valence-corrected chi connectivity index (χ2v) is 8.38. The van der Waals surface area contributed by atoms with E-state index >= 15 is 0 Å². The standard InChI is InChI=1S/C23H26FN7O/c24-18-3-1-17(2-4-18)23(13-20-14-26-16-27-20)8-11-31(22(25)28-23)21-5-9-30(10-6-21)15-19-7-12-32-29-19/h1-4,7-8,11-12,14,16,21H,5-6,9-10,13,15H2,(H2,25,28)(H,26,27). The maximum atomic E-state index is 13.6. The van der Waals surface area contributed by atoms with Gasteiger partial charge in [0, 0.05) is 56.3 Å². The van der Waals surface area contributed by atoms with E-state index in [0.717, 1.165) is 49.4 Å². The highest BCUT2D eigenvalue weighted by Crippen LogP contribution is 2.35. The molecule has 1 unspecified atom stereocenters. The molecule has 0 radical (unpaired) electrons. The fraction of sp³-hybridized carbons (Fsp3) is 0.348. The van der Waals surface area contributed by atoms with Crippen molar-refractivity contribution >= 4 is 5.96 Å². The molecule has 4 heterocycles. The number of guanidine groups is 1. The number of hydrogen-bond acceptors (Lipinski definition) is 7. The van der Waals surface area contributed by atoms with Crippen molar-refractivity contribution in [1.29, 1.82) is 0 Å². The summed E-state index contributed by atoms with van der Waals surface area (Å²) in [5, 5.41) is 4.00. The van der Waals surface area contributed by atoms with Gasteiger partial charge < -0.3 is 20.1 Å². The van der Waals surface area contributed by atoms with Crippen molar-refractivity contribution in [1.82, 2.24) is 24.9 Å². The molecule has 1 saturated heterocycles. The van der Waals surface area contributed by atoms with Crippen LogP contribution in [0.5, 0.6) is 0 Å². The van der Waals surface area contributed by atoms with E-state index in [0.29, 0.717) is 12.4 Å². The zero-order valence-electron chi connectivity index (χ0n) is 17.7. The summed E-state index contributed by atoms with van der Waals surface area (Å²) in [7, 11) is 0. The summed E-state index contributed by atoms with van der Waals surface area (Å²) in [4.78, 5) is 16.7. The normalized spacial score (nSPS) is 22.3. The van der Waals surface area contributed by atoms with Crippen LogP contribution in [0.25, 0.3) is 0 Å². The van der Waals surface area contributed by atoms with Gasteiger partial charge in [0.05, 0.1) is 12.0 Å². The smallest absolute Gasteiger partial charge is 0.196 e. The number of imidazole rings is 1. The Morgan fingerprint density at radius 3 is 2.66 bits per heavy atom. The molecule has 2 aliphatic rings. The van der Waals surface area contributed by atoms with Crippen LogP contribution in [-0.4, -0.2) is 50.0 Å². The summed E-state index contributed by atoms with van der Waals surface area (Å²) in [5.41, 5.74) is 8.57. The topological polar surface area (TPSA) is 99.6 Å². The molecule has 2 aromatic heterocycles. The minimum absolute atomic E-state index is 0.277. The SMILES string of the molecule is NC1=NC(Cc2cnc[nH]2)(c2ccc(F)cc2)C=CN1C1CCN(Cc2ccon2)CC1. The number of nitrogens with one attached hydrogen (secondary N) is 1. The fourth-order valence-corrected chi connectivity index (χ4v) is 4.56. The predicted molar refractivity (Wildman–Crippen MR) is 118 cm³/mol. The third kappa shape index (κ3) is 4.16. The van der Waals surface area contributed by atoms with Crippen molar-refractivity contribution in [3.63, 3.8) is 0 Å². The number of nitrogens with two attached hydrogens (primary N) is 1. The lowest BCUT2D eigenvalue weighted by molar-refractivity contribution is 0.161. The number of aromatic amines is 1. The molecule has 166 valence electrons. The summed E-state index contributed by atoms with van der Waals surface area (Å²) in [6.07, 6.45) is 11.6. The second kappa shape index (κ2) is 8.58. The molecule has 0 aliphatic carbocycles. The molecule has 2 aliphatic heterocycles. The van der Waals surface area contributed by atoms with E-state index < -0.39 is 5.54 Å². The molecule has 3 N–H and O–H groups in total. The molecule has 3 aromatic rings. The highest BCUT2D eigenvalue weighted by Gasteiger charge is 2.36. The maximum Gasteiger partial charge on any atom is 0.196 e. The molecular formula is C23H26FN7O. The van der Waals surface area contributed by atoms with Crippen LogP contribution in [-0.2, 0) is 18.5 Å². The number of nitrogens with zero attached hydrogens (tertiary/aromatic N) is 5. The summed E-state index contributed by atoms with van der Waals surface area (Å²) in [6.45, 7) is 2.69. The average molecular weight is 436 g/mol. The number of piperidine rings is 1. The van der Waals surface area contributed by atoms with E-state index in [1.54, 1.807) is 30.9 Å². The van der Waals surface area contributed by atoms with Crippen molar-refractivity contribution in [2.75, 3.05) is 13.1 Å². The van der Waals surface area contributed by atoms with Crippen molar-refractivity contribution < 1.29 is 8.91 Å². The third-order valence-electron chi connectivity index (χ3n) is 6.28. The first kappa shape index (κ1) is 20.4. The van der Waals surface area contributed by atoms with Crippen molar-refractivity contribution in [3.8, 4) is 0 Å². The molecule has 0 bridgehead atoms. The number of H-pyrrole nitrogens is 1. The minimum Gasteiger partial charge on any atom is -0.369 e. The summed E-state index contributed by atoms with van der Waals surface area (Å²) in [6, 6.07) is 8.64. The first-order chi connectivity index (χ1) is 15.6. The average Bonchev–Trinajstić information content (AvgIpc) is 3.50. The quantitative estimate of drug-likeness (QED) is 0.618. The zero-order valence-corrected chi connectivity index (χ0v) is 17.7. The van der Waals surface area contributed by atoms with Gasteiger partial charge in [0.25, 0.3) is 0 Å². The van der Waals surface area contributed by atoms with Crippen molar-refractivity contribution in [2.45, 2.75) is 37.4 Å². The molecule has 8 nitrogen and oxygen atoms in total. The van der Waals surface area contributed by atoms with Crippen LogP contribution in [0, 0.1) is 5.82 Å². The lowest BCUT2D eigenvalue weighted by Gasteiger charge is -2.41. The number of rotatable bonds is 6. The lowest BCUT2D eigenvalue weighted by atomic mass is 9.85. The Morgan fingerprint density at radius 1 is 1.19 bits per heavy atom. The summed E-state index contributed by atoms with van der Waals surface area (Å²) >= 11 is 0. The molecule has 0 amide bonds. The Hall–Kier alpha value is -3.46. The molecule has 1 atom stereocenters. The van der Waals surface area contributed by atoms with Gasteiger partial charge in [-0.15, -0.1) is 0 Å². The van der Waals surface area contributed by atoms with Crippen molar-refractivity contribution in [3.05, 3.63) is 84.2 Å². The van der Waals surface area contributed by atoms with Gasteiger partial charge in [-0.05, 0) is 36.6 Å².